The fourth-order valence-corrected chi connectivity index (χ4v) is 6.95. The molecule has 0 saturated carbocycles. The van der Waals surface area contributed by atoms with Gasteiger partial charge in [0.2, 0.25) is 29.5 Å². The number of nitrogens with zero attached hydrogens (tertiary/aromatic N) is 3. The van der Waals surface area contributed by atoms with Gasteiger partial charge >= 0.3 is 12.1 Å². The molecule has 2 aromatic rings. The maximum Gasteiger partial charge on any atom is 0.408 e. The molecular weight excluding hydrogens is 872 g/mol. The average Bonchev–Trinajstić information content (AvgIpc) is 3.78. The number of likely N-dealkylation sites (tertiary alicyclic amines) is 1. The number of piperidine rings is 1. The summed E-state index contributed by atoms with van der Waals surface area (Å²) in [4.78, 5) is 139. The lowest BCUT2D eigenvalue weighted by Crippen LogP contribution is -2.55. The van der Waals surface area contributed by atoms with Crippen LogP contribution in [0.2, 0.25) is 5.02 Å². The van der Waals surface area contributed by atoms with Crippen LogP contribution in [0.5, 0.6) is 0 Å². The quantitative estimate of drug-likeness (QED) is 0.0648. The van der Waals surface area contributed by atoms with Crippen LogP contribution in [0.3, 0.4) is 0 Å². The van der Waals surface area contributed by atoms with Gasteiger partial charge in [0.1, 0.15) is 6.04 Å². The molecule has 65 heavy (non-hydrogen) atoms. The maximum absolute atomic E-state index is 13.4. The molecule has 1 saturated heterocycles. The number of amides is 12. The maximum atomic E-state index is 13.4. The average molecular weight is 921 g/mol. The number of alkyl carbamates (subject to hydrolysis) is 1. The Morgan fingerprint density at radius 2 is 1.40 bits per heavy atom. The van der Waals surface area contributed by atoms with Crippen LogP contribution in [0, 0.1) is 6.92 Å². The van der Waals surface area contributed by atoms with Crippen molar-refractivity contribution in [3.63, 3.8) is 0 Å². The number of halogens is 1. The predicted molar refractivity (Wildman–Crippen MR) is 229 cm³/mol. The van der Waals surface area contributed by atoms with Gasteiger partial charge < -0.3 is 46.9 Å². The third-order valence-corrected chi connectivity index (χ3v) is 10.7. The Morgan fingerprint density at radius 1 is 0.738 bits per heavy atom. The molecular formula is C42H49ClN10O12. The highest BCUT2D eigenvalue weighted by molar-refractivity contribution is 6.31. The number of ether oxygens (including phenoxy) is 1. The number of carbonyl (C=O) groups is 11. The van der Waals surface area contributed by atoms with Gasteiger partial charge in [-0.3, -0.25) is 48.1 Å². The number of hydrogen-bond donors (Lipinski definition) is 7. The van der Waals surface area contributed by atoms with E-state index in [1.807, 2.05) is 6.92 Å². The molecule has 3 aliphatic heterocycles. The summed E-state index contributed by atoms with van der Waals surface area (Å²) in [5.74, 6) is -4.75. The topological polar surface area (TPSA) is 291 Å². The lowest BCUT2D eigenvalue weighted by molar-refractivity contribution is -0.156. The monoisotopic (exact) mass is 920 g/mol. The van der Waals surface area contributed by atoms with E-state index in [-0.39, 0.29) is 76.3 Å². The number of nitrogens with one attached hydrogen (secondary N) is 7. The highest BCUT2D eigenvalue weighted by Gasteiger charge is 2.43. The summed E-state index contributed by atoms with van der Waals surface area (Å²) >= 11 is 6.13. The van der Waals surface area contributed by atoms with Gasteiger partial charge in [0.25, 0.3) is 23.6 Å². The lowest BCUT2D eigenvalue weighted by Gasteiger charge is -2.34. The number of hydrogen-bond acceptors (Lipinski definition) is 12. The molecule has 5 rings (SSSR count). The fourth-order valence-electron chi connectivity index (χ4n) is 6.77. The van der Waals surface area contributed by atoms with Gasteiger partial charge in [-0.05, 0) is 61.1 Å². The van der Waals surface area contributed by atoms with Crippen LogP contribution in [-0.4, -0.2) is 132 Å². The molecule has 1 atom stereocenters. The fraction of sp³-hybridized carbons (Fsp3) is 0.405. The molecule has 0 radical (unpaired) electrons. The predicted octanol–water partition coefficient (Wildman–Crippen LogP) is 0.0774. The molecule has 22 nitrogen and oxygen atoms in total. The number of benzene rings is 2. The van der Waals surface area contributed by atoms with E-state index in [1.165, 1.54) is 17.1 Å². The Kier molecular flexibility index (Phi) is 17.5. The van der Waals surface area contributed by atoms with Crippen molar-refractivity contribution in [3.05, 3.63) is 75.8 Å². The second-order valence-corrected chi connectivity index (χ2v) is 15.5. The molecule has 0 spiro atoms. The van der Waals surface area contributed by atoms with Crippen molar-refractivity contribution in [2.45, 2.75) is 64.6 Å². The minimum Gasteiger partial charge on any atom is -0.428 e. The van der Waals surface area contributed by atoms with Crippen molar-refractivity contribution in [3.8, 4) is 0 Å². The Balaban J connectivity index is 0.912. The molecule has 0 aromatic heterocycles. The van der Waals surface area contributed by atoms with Gasteiger partial charge in [0, 0.05) is 74.0 Å². The largest absolute Gasteiger partial charge is 0.428 e. The Morgan fingerprint density at radius 3 is 2.09 bits per heavy atom. The minimum absolute atomic E-state index is 0.0740. The van der Waals surface area contributed by atoms with Crippen LogP contribution in [-0.2, 0) is 56.2 Å². The highest BCUT2D eigenvalue weighted by Crippen LogP contribution is 2.30. The number of rotatable bonds is 21. The number of imide groups is 2. The minimum atomic E-state index is -0.993. The second-order valence-electron chi connectivity index (χ2n) is 15.1. The molecule has 0 bridgehead atoms. The normalized spacial score (nSPS) is 15.4. The third-order valence-electron chi connectivity index (χ3n) is 10.3. The summed E-state index contributed by atoms with van der Waals surface area (Å²) in [6.07, 6.45) is 3.13. The van der Waals surface area contributed by atoms with E-state index in [9.17, 15) is 52.7 Å². The van der Waals surface area contributed by atoms with Crippen LogP contribution in [0.15, 0.2) is 48.6 Å². The Bertz CT molecular complexity index is 2250. The zero-order valence-electron chi connectivity index (χ0n) is 35.4. The summed E-state index contributed by atoms with van der Waals surface area (Å²) in [5.41, 5.74) is 3.12. The smallest absolute Gasteiger partial charge is 0.408 e. The Hall–Kier alpha value is -7.36. The van der Waals surface area contributed by atoms with E-state index in [0.29, 0.717) is 46.7 Å². The van der Waals surface area contributed by atoms with Crippen molar-refractivity contribution in [1.82, 2.24) is 46.6 Å². The van der Waals surface area contributed by atoms with Crippen LogP contribution >= 0.6 is 11.6 Å². The van der Waals surface area contributed by atoms with Crippen molar-refractivity contribution < 1.29 is 57.5 Å². The van der Waals surface area contributed by atoms with E-state index >= 15 is 0 Å². The summed E-state index contributed by atoms with van der Waals surface area (Å²) in [6.45, 7) is 0.152. The van der Waals surface area contributed by atoms with E-state index in [0.717, 1.165) is 15.4 Å². The molecule has 12 amide bonds. The van der Waals surface area contributed by atoms with Gasteiger partial charge in [-0.15, -0.1) is 0 Å². The molecule has 1 unspecified atom stereocenters. The lowest BCUT2D eigenvalue weighted by atomic mass is 10.0. The van der Waals surface area contributed by atoms with Gasteiger partial charge in [-0.25, -0.2) is 14.5 Å². The molecule has 2 aromatic carbocycles. The van der Waals surface area contributed by atoms with Crippen LogP contribution in [0.4, 0.5) is 15.3 Å². The second kappa shape index (κ2) is 23.4. The summed E-state index contributed by atoms with van der Waals surface area (Å²) in [7, 11) is 0. The van der Waals surface area contributed by atoms with Gasteiger partial charge in [-0.2, -0.15) is 0 Å². The summed E-state index contributed by atoms with van der Waals surface area (Å²) in [6, 6.07) is 8.76. The van der Waals surface area contributed by atoms with Gasteiger partial charge in [-0.1, -0.05) is 36.2 Å². The van der Waals surface area contributed by atoms with Crippen LogP contribution in [0.1, 0.15) is 65.6 Å². The van der Waals surface area contributed by atoms with Crippen molar-refractivity contribution in [2.24, 2.45) is 0 Å². The van der Waals surface area contributed by atoms with Crippen molar-refractivity contribution in [2.75, 3.05) is 51.3 Å². The Labute approximate surface area is 377 Å². The number of anilines is 1. The number of unbranched alkanes of at least 4 members (excludes halogenated alkanes) is 2. The zero-order chi connectivity index (χ0) is 47.0. The number of aryl methyl sites for hydroxylation is 1. The van der Waals surface area contributed by atoms with Gasteiger partial charge in [0.15, 0.2) is 6.73 Å². The molecule has 1 fully saturated rings. The standard InChI is InChI=1S/C42H49ClN10O12/c1-25-6-8-28(18-30(25)43)50-41(63)49-19-26-7-9-29-27(17-26)23-52(39(29)61)31-10-11-38(60)53(40(31)62)24-65-42(64)45-15-14-44-33(55)20-47-35(57)22-48-34(56)21-46-32(54)5-3-2-4-16-51-36(58)12-13-37(51)59/h6-9,12-13,17-18,31H,2-5,10-11,14-16,19-24H2,1H3,(H,44,55)(H,45,64)(H,46,54)(H,47,57)(H,48,56)(H2,49,50,63). The van der Waals surface area contributed by atoms with E-state index in [1.54, 1.807) is 36.4 Å². The number of urea groups is 1. The molecule has 7 N–H and O–H groups in total. The van der Waals surface area contributed by atoms with E-state index < -0.39 is 73.4 Å². The number of carbonyl (C=O) groups excluding carboxylic acids is 11. The van der Waals surface area contributed by atoms with E-state index in [4.69, 9.17) is 16.3 Å². The van der Waals surface area contributed by atoms with Crippen molar-refractivity contribution in [1.29, 1.82) is 0 Å². The summed E-state index contributed by atoms with van der Waals surface area (Å²) in [5, 5.41) is 17.8. The van der Waals surface area contributed by atoms with Gasteiger partial charge in [0.05, 0.1) is 19.6 Å². The highest BCUT2D eigenvalue weighted by atomic mass is 35.5. The first-order valence-corrected chi connectivity index (χ1v) is 21.1. The molecule has 3 aliphatic rings. The third kappa shape index (κ3) is 14.3. The first-order valence-electron chi connectivity index (χ1n) is 20.7. The van der Waals surface area contributed by atoms with E-state index in [2.05, 4.69) is 37.2 Å². The first-order chi connectivity index (χ1) is 31.1. The van der Waals surface area contributed by atoms with Crippen LogP contribution < -0.4 is 37.2 Å². The molecule has 23 heteroatoms. The van der Waals surface area contributed by atoms with Crippen molar-refractivity contribution >= 4 is 82.6 Å². The summed E-state index contributed by atoms with van der Waals surface area (Å²) < 4.78 is 5.08. The molecule has 0 aliphatic carbocycles. The number of fused-ring (bicyclic) bond motifs is 1. The SMILES string of the molecule is Cc1ccc(NC(=O)NCc2ccc3c(c2)CN(C2CCC(=O)N(COC(=O)NCCNC(=O)CNC(=O)CNC(=O)CNC(=O)CCCCCN4C(=O)C=CC4=O)C2=O)C3=O)cc1Cl. The van der Waals surface area contributed by atoms with Crippen LogP contribution in [0.25, 0.3) is 0 Å². The molecule has 3 heterocycles. The molecule has 346 valence electrons. The zero-order valence-corrected chi connectivity index (χ0v) is 36.2. The first kappa shape index (κ1) is 48.7.